The second-order valence-electron chi connectivity index (χ2n) is 7.18. The molecule has 0 unspecified atom stereocenters. The van der Waals surface area contributed by atoms with E-state index in [2.05, 4.69) is 0 Å². The normalized spacial score (nSPS) is 24.4. The second kappa shape index (κ2) is 7.56. The van der Waals surface area contributed by atoms with Crippen molar-refractivity contribution in [2.45, 2.75) is 39.5 Å². The molecule has 3 rings (SSSR count). The van der Waals surface area contributed by atoms with Gasteiger partial charge in [-0.3, -0.25) is 9.59 Å². The van der Waals surface area contributed by atoms with Gasteiger partial charge in [0, 0.05) is 18.7 Å². The zero-order valence-electron chi connectivity index (χ0n) is 15.5. The summed E-state index contributed by atoms with van der Waals surface area (Å²) in [6.07, 6.45) is 3.35. The van der Waals surface area contributed by atoms with Crippen LogP contribution in [0.2, 0.25) is 0 Å². The Morgan fingerprint density at radius 2 is 2.08 bits per heavy atom. The first-order valence-corrected chi connectivity index (χ1v) is 9.44. The van der Waals surface area contributed by atoms with Gasteiger partial charge < -0.3 is 19.5 Å². The van der Waals surface area contributed by atoms with Gasteiger partial charge in [-0.25, -0.2) is 0 Å². The number of carbonyl (C=O) groups excluding carboxylic acids is 1. The average Bonchev–Trinajstić information content (AvgIpc) is 3.18. The van der Waals surface area contributed by atoms with Crippen molar-refractivity contribution in [3.05, 3.63) is 23.8 Å². The predicted octanol–water partition coefficient (Wildman–Crippen LogP) is 3.20. The molecule has 1 N–H and O–H groups in total. The number of hydrogen-bond acceptors (Lipinski definition) is 4. The first kappa shape index (κ1) is 18.5. The molecule has 1 saturated heterocycles. The molecule has 2 aliphatic rings. The number of carboxylic acid groups (broad SMARTS) is 1. The molecule has 2 atom stereocenters. The van der Waals surface area contributed by atoms with Gasteiger partial charge in [0.2, 0.25) is 0 Å². The summed E-state index contributed by atoms with van der Waals surface area (Å²) in [5.41, 5.74) is -0.249. The minimum atomic E-state index is -0.770. The number of nitrogens with zero attached hydrogens (tertiary/aromatic N) is 1. The van der Waals surface area contributed by atoms with Crippen LogP contribution in [-0.4, -0.2) is 48.2 Å². The number of ether oxygens (including phenoxy) is 2. The van der Waals surface area contributed by atoms with Gasteiger partial charge in [-0.15, -0.1) is 0 Å². The fraction of sp³-hybridized carbons (Fsp3) is 0.600. The maximum Gasteiger partial charge on any atom is 0.311 e. The number of carboxylic acids is 1. The van der Waals surface area contributed by atoms with Crippen LogP contribution in [0.25, 0.3) is 0 Å². The number of aliphatic carboxylic acids is 1. The Kier molecular flexibility index (Phi) is 5.39. The monoisotopic (exact) mass is 361 g/mol. The lowest BCUT2D eigenvalue weighted by molar-refractivity contribution is -0.149. The molecule has 0 aromatic heterocycles. The Morgan fingerprint density at radius 1 is 1.27 bits per heavy atom. The third-order valence-electron chi connectivity index (χ3n) is 5.54. The summed E-state index contributed by atoms with van der Waals surface area (Å²) < 4.78 is 11.3. The van der Waals surface area contributed by atoms with Crippen molar-refractivity contribution in [2.24, 2.45) is 11.3 Å². The van der Waals surface area contributed by atoms with Crippen LogP contribution in [0.15, 0.2) is 18.2 Å². The summed E-state index contributed by atoms with van der Waals surface area (Å²) in [5, 5.41) is 9.70. The average molecular weight is 361 g/mol. The number of likely N-dealkylation sites (tertiary alicyclic amines) is 1. The topological polar surface area (TPSA) is 76.1 Å². The Morgan fingerprint density at radius 3 is 2.73 bits per heavy atom. The van der Waals surface area contributed by atoms with Gasteiger partial charge in [0.05, 0.1) is 18.6 Å². The zero-order valence-corrected chi connectivity index (χ0v) is 15.5. The molecule has 1 aliphatic carbocycles. The molecule has 142 valence electrons. The summed E-state index contributed by atoms with van der Waals surface area (Å²) >= 11 is 0. The highest BCUT2D eigenvalue weighted by molar-refractivity contribution is 5.96. The van der Waals surface area contributed by atoms with Gasteiger partial charge in [0.1, 0.15) is 0 Å². The van der Waals surface area contributed by atoms with Crippen LogP contribution in [0.3, 0.4) is 0 Å². The van der Waals surface area contributed by atoms with Gasteiger partial charge >= 0.3 is 5.97 Å². The van der Waals surface area contributed by atoms with E-state index in [1.54, 1.807) is 23.1 Å². The lowest BCUT2D eigenvalue weighted by Gasteiger charge is -2.23. The molecule has 2 fully saturated rings. The van der Waals surface area contributed by atoms with Crippen LogP contribution >= 0.6 is 0 Å². The lowest BCUT2D eigenvalue weighted by Crippen LogP contribution is -2.37. The third kappa shape index (κ3) is 3.24. The fourth-order valence-corrected chi connectivity index (χ4v) is 4.22. The molecule has 1 aromatic rings. The van der Waals surface area contributed by atoms with Crippen molar-refractivity contribution in [3.8, 4) is 11.5 Å². The van der Waals surface area contributed by atoms with Crippen molar-refractivity contribution in [3.63, 3.8) is 0 Å². The van der Waals surface area contributed by atoms with Gasteiger partial charge in [-0.05, 0) is 50.3 Å². The van der Waals surface area contributed by atoms with Crippen LogP contribution in [0.5, 0.6) is 11.5 Å². The number of amides is 1. The molecule has 0 radical (unpaired) electrons. The number of rotatable bonds is 7. The first-order chi connectivity index (χ1) is 12.5. The molecule has 0 spiro atoms. The fourth-order valence-electron chi connectivity index (χ4n) is 4.22. The highest BCUT2D eigenvalue weighted by Gasteiger charge is 2.55. The van der Waals surface area contributed by atoms with Crippen molar-refractivity contribution < 1.29 is 24.2 Å². The molecule has 0 bridgehead atoms. The van der Waals surface area contributed by atoms with E-state index in [0.717, 1.165) is 19.3 Å². The second-order valence-corrected chi connectivity index (χ2v) is 7.18. The molecule has 1 saturated carbocycles. The van der Waals surface area contributed by atoms with Crippen molar-refractivity contribution >= 4 is 11.9 Å². The van der Waals surface area contributed by atoms with E-state index in [0.29, 0.717) is 49.8 Å². The molecular formula is C20H27NO5. The molecule has 1 amide bonds. The van der Waals surface area contributed by atoms with Crippen LogP contribution in [0.1, 0.15) is 49.9 Å². The Bertz CT molecular complexity index is 689. The molecular weight excluding hydrogens is 334 g/mol. The Balaban J connectivity index is 1.80. The SMILES string of the molecule is CCCOc1ccc(C(=O)N2C[C@@H]3CCC[C@@]3(C(=O)O)C2)cc1OCC. The van der Waals surface area contributed by atoms with E-state index < -0.39 is 11.4 Å². The highest BCUT2D eigenvalue weighted by Crippen LogP contribution is 2.49. The van der Waals surface area contributed by atoms with Crippen LogP contribution in [-0.2, 0) is 4.79 Å². The molecule has 1 aliphatic heterocycles. The highest BCUT2D eigenvalue weighted by atomic mass is 16.5. The Hall–Kier alpha value is -2.24. The van der Waals surface area contributed by atoms with E-state index in [1.807, 2.05) is 13.8 Å². The van der Waals surface area contributed by atoms with Crippen molar-refractivity contribution in [1.82, 2.24) is 4.90 Å². The van der Waals surface area contributed by atoms with E-state index in [-0.39, 0.29) is 11.8 Å². The third-order valence-corrected chi connectivity index (χ3v) is 5.54. The maximum atomic E-state index is 13.0. The quantitative estimate of drug-likeness (QED) is 0.807. The zero-order chi connectivity index (χ0) is 18.7. The number of hydrogen-bond donors (Lipinski definition) is 1. The molecule has 6 nitrogen and oxygen atoms in total. The predicted molar refractivity (Wildman–Crippen MR) is 96.7 cm³/mol. The molecule has 26 heavy (non-hydrogen) atoms. The summed E-state index contributed by atoms with van der Waals surface area (Å²) in [6.45, 7) is 5.79. The van der Waals surface area contributed by atoms with E-state index in [1.165, 1.54) is 0 Å². The standard InChI is InChI=1S/C20H27NO5/c1-3-10-26-16-8-7-14(11-17(16)25-4-2)18(22)21-12-15-6-5-9-20(15,13-21)19(23)24/h7-8,11,15H,3-6,9-10,12-13H2,1-2H3,(H,23,24)/t15-,20+/m0/s1. The first-order valence-electron chi connectivity index (χ1n) is 9.44. The van der Waals surface area contributed by atoms with Crippen molar-refractivity contribution in [1.29, 1.82) is 0 Å². The van der Waals surface area contributed by atoms with Gasteiger partial charge in [0.25, 0.3) is 5.91 Å². The number of carbonyl (C=O) groups is 2. The summed E-state index contributed by atoms with van der Waals surface area (Å²) in [5.74, 6) is 0.337. The lowest BCUT2D eigenvalue weighted by atomic mass is 9.81. The molecule has 1 aromatic carbocycles. The maximum absolute atomic E-state index is 13.0. The largest absolute Gasteiger partial charge is 0.490 e. The number of benzene rings is 1. The van der Waals surface area contributed by atoms with Crippen molar-refractivity contribution in [2.75, 3.05) is 26.3 Å². The minimum absolute atomic E-state index is 0.0578. The van der Waals surface area contributed by atoms with E-state index in [4.69, 9.17) is 9.47 Å². The Labute approximate surface area is 154 Å². The molecule has 1 heterocycles. The van der Waals surface area contributed by atoms with Gasteiger partial charge in [-0.2, -0.15) is 0 Å². The van der Waals surface area contributed by atoms with Gasteiger partial charge in [-0.1, -0.05) is 13.3 Å². The van der Waals surface area contributed by atoms with Crippen LogP contribution in [0, 0.1) is 11.3 Å². The van der Waals surface area contributed by atoms with Crippen LogP contribution in [0.4, 0.5) is 0 Å². The number of fused-ring (bicyclic) bond motifs is 1. The molecule has 6 heteroatoms. The summed E-state index contributed by atoms with van der Waals surface area (Å²) in [7, 11) is 0. The van der Waals surface area contributed by atoms with Crippen LogP contribution < -0.4 is 9.47 Å². The smallest absolute Gasteiger partial charge is 0.311 e. The summed E-state index contributed by atoms with van der Waals surface area (Å²) in [4.78, 5) is 26.5. The summed E-state index contributed by atoms with van der Waals surface area (Å²) in [6, 6.07) is 5.20. The van der Waals surface area contributed by atoms with E-state index >= 15 is 0 Å². The minimum Gasteiger partial charge on any atom is -0.490 e. The van der Waals surface area contributed by atoms with Gasteiger partial charge in [0.15, 0.2) is 11.5 Å². The van der Waals surface area contributed by atoms with E-state index in [9.17, 15) is 14.7 Å².